The third-order valence-electron chi connectivity index (χ3n) is 4.58. The fourth-order valence-electron chi connectivity index (χ4n) is 2.98. The van der Waals surface area contributed by atoms with Crippen LogP contribution in [0.1, 0.15) is 12.8 Å². The van der Waals surface area contributed by atoms with Crippen LogP contribution in [0.4, 0.5) is 11.4 Å². The first-order chi connectivity index (χ1) is 12.7. The topological polar surface area (TPSA) is 44.8 Å². The second kappa shape index (κ2) is 9.25. The lowest BCUT2D eigenvalue weighted by Crippen LogP contribution is -2.44. The normalized spacial score (nSPS) is 14.9. The van der Waals surface area contributed by atoms with Gasteiger partial charge in [0, 0.05) is 44.0 Å². The largest absolute Gasteiger partial charge is 0.494 e. The predicted molar refractivity (Wildman–Crippen MR) is 106 cm³/mol. The summed E-state index contributed by atoms with van der Waals surface area (Å²) >= 11 is 0. The van der Waals surface area contributed by atoms with Crippen molar-refractivity contribution in [3.05, 3.63) is 54.6 Å². The zero-order chi connectivity index (χ0) is 18.2. The van der Waals surface area contributed by atoms with Crippen LogP contribution in [-0.4, -0.2) is 50.6 Å². The first-order valence-electron chi connectivity index (χ1n) is 9.22. The fourth-order valence-corrected chi connectivity index (χ4v) is 2.98. The molecule has 0 aromatic heterocycles. The number of amides is 1. The number of benzene rings is 2. The first kappa shape index (κ1) is 18.3. The number of nitrogens with one attached hydrogen (secondary N) is 1. The lowest BCUT2D eigenvalue weighted by atomic mass is 10.2. The number of nitrogens with zero attached hydrogens (tertiary/aromatic N) is 2. The van der Waals surface area contributed by atoms with Gasteiger partial charge in [-0.3, -0.25) is 4.79 Å². The quantitative estimate of drug-likeness (QED) is 0.776. The van der Waals surface area contributed by atoms with E-state index in [1.165, 1.54) is 5.69 Å². The van der Waals surface area contributed by atoms with Crippen molar-refractivity contribution >= 4 is 17.3 Å². The molecule has 2 aromatic rings. The Morgan fingerprint density at radius 2 is 1.69 bits per heavy atom. The summed E-state index contributed by atoms with van der Waals surface area (Å²) in [6.45, 7) is 4.81. The Labute approximate surface area is 155 Å². The number of piperazine rings is 1. The summed E-state index contributed by atoms with van der Waals surface area (Å²) in [5.41, 5.74) is 2.06. The molecule has 138 valence electrons. The Morgan fingerprint density at radius 1 is 1.00 bits per heavy atom. The molecule has 5 heteroatoms. The first-order valence-corrected chi connectivity index (χ1v) is 9.22. The number of rotatable bonds is 7. The Morgan fingerprint density at radius 3 is 2.38 bits per heavy atom. The molecule has 3 rings (SSSR count). The van der Waals surface area contributed by atoms with Crippen molar-refractivity contribution in [2.75, 3.05) is 50.1 Å². The third-order valence-corrected chi connectivity index (χ3v) is 4.58. The molecule has 0 radical (unpaired) electrons. The average Bonchev–Trinajstić information content (AvgIpc) is 2.67. The van der Waals surface area contributed by atoms with E-state index in [0.717, 1.165) is 37.6 Å². The van der Waals surface area contributed by atoms with Crippen molar-refractivity contribution < 1.29 is 9.53 Å². The zero-order valence-electron chi connectivity index (χ0n) is 15.4. The molecule has 0 saturated carbocycles. The van der Waals surface area contributed by atoms with Crippen molar-refractivity contribution in [3.63, 3.8) is 0 Å². The smallest absolute Gasteiger partial charge is 0.224 e. The van der Waals surface area contributed by atoms with Crippen LogP contribution in [0.15, 0.2) is 54.6 Å². The van der Waals surface area contributed by atoms with Crippen molar-refractivity contribution in [1.29, 1.82) is 0 Å². The molecule has 2 aromatic carbocycles. The predicted octanol–water partition coefficient (Wildman–Crippen LogP) is 3.24. The highest BCUT2D eigenvalue weighted by Gasteiger charge is 2.14. The van der Waals surface area contributed by atoms with Crippen molar-refractivity contribution in [2.45, 2.75) is 12.8 Å². The SMILES string of the molecule is CN1CCN(c2ccc(NC(=O)CCCOc3ccccc3)cc2)CC1. The molecule has 0 bridgehead atoms. The summed E-state index contributed by atoms with van der Waals surface area (Å²) in [6, 6.07) is 17.8. The molecule has 1 aliphatic heterocycles. The van der Waals surface area contributed by atoms with Gasteiger partial charge >= 0.3 is 0 Å². The van der Waals surface area contributed by atoms with Crippen molar-refractivity contribution in [1.82, 2.24) is 4.90 Å². The Balaban J connectivity index is 1.38. The summed E-state index contributed by atoms with van der Waals surface area (Å²) in [6.07, 6.45) is 1.15. The summed E-state index contributed by atoms with van der Waals surface area (Å²) in [7, 11) is 2.15. The highest BCUT2D eigenvalue weighted by atomic mass is 16.5. The zero-order valence-corrected chi connectivity index (χ0v) is 15.4. The summed E-state index contributed by atoms with van der Waals surface area (Å²) in [5, 5.41) is 2.96. The van der Waals surface area contributed by atoms with Gasteiger partial charge in [-0.25, -0.2) is 0 Å². The minimum absolute atomic E-state index is 0.0222. The highest BCUT2D eigenvalue weighted by Crippen LogP contribution is 2.19. The average molecular weight is 353 g/mol. The van der Waals surface area contributed by atoms with Gasteiger partial charge in [0.25, 0.3) is 0 Å². The molecule has 1 aliphatic rings. The van der Waals surface area contributed by atoms with E-state index in [-0.39, 0.29) is 5.91 Å². The van der Waals surface area contributed by atoms with E-state index >= 15 is 0 Å². The number of para-hydroxylation sites is 1. The van der Waals surface area contributed by atoms with Gasteiger partial charge in [-0.05, 0) is 49.9 Å². The molecule has 1 fully saturated rings. The van der Waals surface area contributed by atoms with Crippen LogP contribution < -0.4 is 15.0 Å². The Bertz CT molecular complexity index is 680. The summed E-state index contributed by atoms with van der Waals surface area (Å²) in [4.78, 5) is 16.8. The second-order valence-electron chi connectivity index (χ2n) is 6.65. The second-order valence-corrected chi connectivity index (χ2v) is 6.65. The van der Waals surface area contributed by atoms with Gasteiger partial charge in [0.15, 0.2) is 0 Å². The minimum atomic E-state index is 0.0222. The maximum Gasteiger partial charge on any atom is 0.224 e. The van der Waals surface area contributed by atoms with E-state index in [1.807, 2.05) is 42.5 Å². The van der Waals surface area contributed by atoms with E-state index in [9.17, 15) is 4.79 Å². The minimum Gasteiger partial charge on any atom is -0.494 e. The number of ether oxygens (including phenoxy) is 1. The Kier molecular flexibility index (Phi) is 6.50. The van der Waals surface area contributed by atoms with Crippen LogP contribution in [0.5, 0.6) is 5.75 Å². The summed E-state index contributed by atoms with van der Waals surface area (Å²) < 4.78 is 5.61. The molecule has 1 heterocycles. The molecule has 5 nitrogen and oxygen atoms in total. The maximum atomic E-state index is 12.1. The Hall–Kier alpha value is -2.53. The molecule has 0 unspecified atom stereocenters. The molecule has 0 aliphatic carbocycles. The number of hydrogen-bond donors (Lipinski definition) is 1. The molecule has 0 atom stereocenters. The fraction of sp³-hybridized carbons (Fsp3) is 0.381. The van der Waals surface area contributed by atoms with Gasteiger partial charge in [-0.15, -0.1) is 0 Å². The molecule has 1 amide bonds. The van der Waals surface area contributed by atoms with Gasteiger partial charge in [0.1, 0.15) is 5.75 Å². The number of anilines is 2. The van der Waals surface area contributed by atoms with Gasteiger partial charge in [0.2, 0.25) is 5.91 Å². The van der Waals surface area contributed by atoms with Crippen LogP contribution in [0.25, 0.3) is 0 Å². The van der Waals surface area contributed by atoms with Crippen LogP contribution in [0.3, 0.4) is 0 Å². The van der Waals surface area contributed by atoms with Crippen LogP contribution in [0, 0.1) is 0 Å². The van der Waals surface area contributed by atoms with Gasteiger partial charge in [-0.2, -0.15) is 0 Å². The molecular formula is C21H27N3O2. The number of carbonyl (C=O) groups is 1. The maximum absolute atomic E-state index is 12.1. The highest BCUT2D eigenvalue weighted by molar-refractivity contribution is 5.90. The third kappa shape index (κ3) is 5.49. The van der Waals surface area contributed by atoms with Crippen LogP contribution in [0.2, 0.25) is 0 Å². The van der Waals surface area contributed by atoms with Crippen LogP contribution in [-0.2, 0) is 4.79 Å². The lowest BCUT2D eigenvalue weighted by molar-refractivity contribution is -0.116. The number of carbonyl (C=O) groups excluding carboxylic acids is 1. The van der Waals surface area contributed by atoms with E-state index < -0.39 is 0 Å². The van der Waals surface area contributed by atoms with E-state index in [0.29, 0.717) is 19.4 Å². The van der Waals surface area contributed by atoms with Crippen LogP contribution >= 0.6 is 0 Å². The van der Waals surface area contributed by atoms with Crippen molar-refractivity contribution in [3.8, 4) is 5.75 Å². The van der Waals surface area contributed by atoms with Gasteiger partial charge < -0.3 is 19.9 Å². The molecule has 1 saturated heterocycles. The molecule has 1 N–H and O–H groups in total. The van der Waals surface area contributed by atoms with E-state index in [4.69, 9.17) is 4.74 Å². The van der Waals surface area contributed by atoms with E-state index in [1.54, 1.807) is 0 Å². The number of hydrogen-bond acceptors (Lipinski definition) is 4. The number of likely N-dealkylation sites (N-methyl/N-ethyl adjacent to an activating group) is 1. The van der Waals surface area contributed by atoms with E-state index in [2.05, 4.69) is 34.3 Å². The standard InChI is InChI=1S/C21H27N3O2/c1-23-13-15-24(16-14-23)19-11-9-18(10-12-19)22-21(25)8-5-17-26-20-6-3-2-4-7-20/h2-4,6-7,9-12H,5,8,13-17H2,1H3,(H,22,25). The molecular weight excluding hydrogens is 326 g/mol. The molecule has 26 heavy (non-hydrogen) atoms. The van der Waals surface area contributed by atoms with Gasteiger partial charge in [-0.1, -0.05) is 18.2 Å². The van der Waals surface area contributed by atoms with Gasteiger partial charge in [0.05, 0.1) is 6.61 Å². The molecule has 0 spiro atoms. The summed E-state index contributed by atoms with van der Waals surface area (Å²) in [5.74, 6) is 0.862. The van der Waals surface area contributed by atoms with Crippen molar-refractivity contribution in [2.24, 2.45) is 0 Å². The lowest BCUT2D eigenvalue weighted by Gasteiger charge is -2.34. The monoisotopic (exact) mass is 353 g/mol.